The van der Waals surface area contributed by atoms with E-state index >= 15 is 0 Å². The van der Waals surface area contributed by atoms with Gasteiger partial charge in [0, 0.05) is 12.7 Å². The summed E-state index contributed by atoms with van der Waals surface area (Å²) in [6, 6.07) is 9.90. The zero-order valence-corrected chi connectivity index (χ0v) is 14.2. The molecule has 8 atom stereocenters. The van der Waals surface area contributed by atoms with E-state index in [4.69, 9.17) is 28.4 Å². The maximum absolute atomic E-state index is 6.22. The molecule has 0 N–H and O–H groups in total. The number of benzene rings is 1. The molecule has 3 aliphatic heterocycles. The van der Waals surface area contributed by atoms with Crippen LogP contribution in [0.1, 0.15) is 25.7 Å². The Bertz CT molecular complexity index is 552. The number of hydrogen-bond donors (Lipinski definition) is 0. The summed E-state index contributed by atoms with van der Waals surface area (Å²) < 4.78 is 35.9. The number of rotatable bonds is 2. The van der Waals surface area contributed by atoms with Crippen molar-refractivity contribution in [1.82, 2.24) is 0 Å². The molecule has 3 heterocycles. The van der Waals surface area contributed by atoms with Gasteiger partial charge in [0.2, 0.25) is 0 Å². The molecule has 4 rings (SSSR count). The molecule has 1 aromatic rings. The van der Waals surface area contributed by atoms with Crippen molar-refractivity contribution >= 4 is 0 Å². The van der Waals surface area contributed by atoms with Crippen molar-refractivity contribution in [3.8, 4) is 0 Å². The smallest absolute Gasteiger partial charge is 0.186 e. The molecule has 24 heavy (non-hydrogen) atoms. The highest BCUT2D eigenvalue weighted by Gasteiger charge is 2.54. The summed E-state index contributed by atoms with van der Waals surface area (Å²) in [4.78, 5) is 0. The van der Waals surface area contributed by atoms with Crippen LogP contribution in [-0.2, 0) is 28.4 Å². The standard InChI is InChI=1S/C18H24O6/c1-10-11(2)22-16-15(21-10)14-13(23-18(16)19-3)9-20-17(24-14)12-7-5-4-6-8-12/h4-8,10-11,13-18H,9H2,1-3H3/t10?,11?,13-,14+,15+,16-,17+,18+/m1/s1. The molecule has 2 unspecified atom stereocenters. The Morgan fingerprint density at radius 3 is 2.29 bits per heavy atom. The molecule has 0 bridgehead atoms. The van der Waals surface area contributed by atoms with Gasteiger partial charge >= 0.3 is 0 Å². The lowest BCUT2D eigenvalue weighted by Gasteiger charge is -2.52. The molecule has 3 saturated heterocycles. The fourth-order valence-corrected chi connectivity index (χ4v) is 3.53. The highest BCUT2D eigenvalue weighted by atomic mass is 16.8. The third kappa shape index (κ3) is 2.87. The quantitative estimate of drug-likeness (QED) is 0.824. The lowest BCUT2D eigenvalue weighted by atomic mass is 9.95. The largest absolute Gasteiger partial charge is 0.367 e. The Hall–Kier alpha value is -1.02. The topological polar surface area (TPSA) is 55.4 Å². The van der Waals surface area contributed by atoms with Gasteiger partial charge in [-0.3, -0.25) is 0 Å². The van der Waals surface area contributed by atoms with Crippen LogP contribution in [0.15, 0.2) is 30.3 Å². The van der Waals surface area contributed by atoms with Crippen LogP contribution in [0.2, 0.25) is 0 Å². The molecule has 6 nitrogen and oxygen atoms in total. The number of ether oxygens (including phenoxy) is 6. The van der Waals surface area contributed by atoms with Crippen LogP contribution >= 0.6 is 0 Å². The van der Waals surface area contributed by atoms with Gasteiger partial charge in [0.15, 0.2) is 12.6 Å². The maximum Gasteiger partial charge on any atom is 0.186 e. The van der Waals surface area contributed by atoms with Crippen molar-refractivity contribution in [2.24, 2.45) is 0 Å². The number of methoxy groups -OCH3 is 1. The zero-order valence-electron chi connectivity index (χ0n) is 14.2. The summed E-state index contributed by atoms with van der Waals surface area (Å²) in [6.45, 7) is 4.44. The molecule has 0 radical (unpaired) electrons. The first kappa shape index (κ1) is 16.4. The van der Waals surface area contributed by atoms with Crippen molar-refractivity contribution in [3.05, 3.63) is 35.9 Å². The Labute approximate surface area is 141 Å². The van der Waals surface area contributed by atoms with Crippen molar-refractivity contribution < 1.29 is 28.4 Å². The lowest BCUT2D eigenvalue weighted by Crippen LogP contribution is -2.67. The molecule has 1 aromatic carbocycles. The predicted octanol–water partition coefficient (Wildman–Crippen LogP) is 2.03. The molecule has 0 aromatic heterocycles. The van der Waals surface area contributed by atoms with Crippen molar-refractivity contribution in [3.63, 3.8) is 0 Å². The van der Waals surface area contributed by atoms with E-state index in [9.17, 15) is 0 Å². The molecular formula is C18H24O6. The van der Waals surface area contributed by atoms with Crippen LogP contribution in [-0.4, -0.2) is 56.6 Å². The second kappa shape index (κ2) is 6.71. The monoisotopic (exact) mass is 336 g/mol. The van der Waals surface area contributed by atoms with E-state index in [-0.39, 0.29) is 36.6 Å². The highest BCUT2D eigenvalue weighted by molar-refractivity contribution is 5.16. The van der Waals surface area contributed by atoms with E-state index < -0.39 is 12.6 Å². The average molecular weight is 336 g/mol. The number of hydrogen-bond acceptors (Lipinski definition) is 6. The predicted molar refractivity (Wildman–Crippen MR) is 84.3 cm³/mol. The number of fused-ring (bicyclic) bond motifs is 3. The molecule has 6 heteroatoms. The first-order chi connectivity index (χ1) is 11.7. The van der Waals surface area contributed by atoms with E-state index in [0.717, 1.165) is 5.56 Å². The third-order valence-corrected chi connectivity index (χ3v) is 4.99. The summed E-state index contributed by atoms with van der Waals surface area (Å²) in [5.41, 5.74) is 0.986. The molecule has 3 aliphatic rings. The molecule has 3 fully saturated rings. The first-order valence-corrected chi connectivity index (χ1v) is 8.48. The zero-order chi connectivity index (χ0) is 16.7. The Balaban J connectivity index is 1.56. The third-order valence-electron chi connectivity index (χ3n) is 4.99. The van der Waals surface area contributed by atoms with E-state index in [1.54, 1.807) is 7.11 Å². The van der Waals surface area contributed by atoms with Crippen molar-refractivity contribution in [2.75, 3.05) is 13.7 Å². The minimum atomic E-state index is -0.480. The minimum Gasteiger partial charge on any atom is -0.367 e. The van der Waals surface area contributed by atoms with Gasteiger partial charge in [0.05, 0.1) is 18.8 Å². The summed E-state index contributed by atoms with van der Waals surface area (Å²) in [5, 5.41) is 0. The van der Waals surface area contributed by atoms with E-state index in [1.165, 1.54) is 0 Å². The summed E-state index contributed by atoms with van der Waals surface area (Å²) >= 11 is 0. The van der Waals surface area contributed by atoms with Crippen LogP contribution in [0.3, 0.4) is 0 Å². The Morgan fingerprint density at radius 2 is 1.58 bits per heavy atom. The van der Waals surface area contributed by atoms with Crippen molar-refractivity contribution in [1.29, 1.82) is 0 Å². The molecule has 132 valence electrons. The Morgan fingerprint density at radius 1 is 0.875 bits per heavy atom. The van der Waals surface area contributed by atoms with Gasteiger partial charge in [-0.05, 0) is 13.8 Å². The van der Waals surface area contributed by atoms with Gasteiger partial charge < -0.3 is 28.4 Å². The highest BCUT2D eigenvalue weighted by Crippen LogP contribution is 2.39. The minimum absolute atomic E-state index is 0.0101. The van der Waals surface area contributed by atoms with Gasteiger partial charge in [-0.2, -0.15) is 0 Å². The molecule has 0 aliphatic carbocycles. The van der Waals surface area contributed by atoms with Crippen LogP contribution in [0.5, 0.6) is 0 Å². The SMILES string of the molecule is CO[C@H]1O[C@@H]2CO[C@H](c3ccccc3)O[C@@H]2[C@@H]2OC(C)C(C)O[C@@H]12. The second-order valence-corrected chi connectivity index (χ2v) is 6.57. The van der Waals surface area contributed by atoms with E-state index in [2.05, 4.69) is 0 Å². The first-order valence-electron chi connectivity index (χ1n) is 8.48. The fourth-order valence-electron chi connectivity index (χ4n) is 3.53. The van der Waals surface area contributed by atoms with E-state index in [1.807, 2.05) is 44.2 Å². The Kier molecular flexibility index (Phi) is 4.60. The second-order valence-electron chi connectivity index (χ2n) is 6.57. The van der Waals surface area contributed by atoms with Gasteiger partial charge in [-0.15, -0.1) is 0 Å². The van der Waals surface area contributed by atoms with Crippen LogP contribution in [0.4, 0.5) is 0 Å². The maximum atomic E-state index is 6.22. The molecular weight excluding hydrogens is 312 g/mol. The van der Waals surface area contributed by atoms with Gasteiger partial charge in [0.1, 0.15) is 24.4 Å². The average Bonchev–Trinajstić information content (AvgIpc) is 2.62. The molecule has 0 saturated carbocycles. The van der Waals surface area contributed by atoms with Crippen LogP contribution < -0.4 is 0 Å². The fraction of sp³-hybridized carbons (Fsp3) is 0.667. The van der Waals surface area contributed by atoms with Crippen LogP contribution in [0.25, 0.3) is 0 Å². The lowest BCUT2D eigenvalue weighted by molar-refractivity contribution is -0.392. The summed E-state index contributed by atoms with van der Waals surface area (Å²) in [6.07, 6.45) is -1.97. The van der Waals surface area contributed by atoms with E-state index in [0.29, 0.717) is 6.61 Å². The molecule has 0 spiro atoms. The summed E-state index contributed by atoms with van der Waals surface area (Å²) in [7, 11) is 1.62. The summed E-state index contributed by atoms with van der Waals surface area (Å²) in [5.74, 6) is 0. The van der Waals surface area contributed by atoms with Gasteiger partial charge in [-0.1, -0.05) is 30.3 Å². The van der Waals surface area contributed by atoms with Crippen molar-refractivity contribution in [2.45, 2.75) is 63.1 Å². The molecule has 0 amide bonds. The normalized spacial score (nSPS) is 45.3. The van der Waals surface area contributed by atoms with Crippen LogP contribution in [0, 0.1) is 0 Å². The van der Waals surface area contributed by atoms with Gasteiger partial charge in [-0.25, -0.2) is 0 Å². The van der Waals surface area contributed by atoms with Gasteiger partial charge in [0.25, 0.3) is 0 Å².